The molecule has 26 heavy (non-hydrogen) atoms. The average Bonchev–Trinajstić information content (AvgIpc) is 2.65. The number of aromatic nitrogens is 2. The second-order valence-corrected chi connectivity index (χ2v) is 6.76. The van der Waals surface area contributed by atoms with Gasteiger partial charge >= 0.3 is 0 Å². The van der Waals surface area contributed by atoms with Crippen LogP contribution in [-0.2, 0) is 4.79 Å². The van der Waals surface area contributed by atoms with Gasteiger partial charge in [-0.3, -0.25) is 14.4 Å². The van der Waals surface area contributed by atoms with Crippen LogP contribution in [0.1, 0.15) is 28.8 Å². The van der Waals surface area contributed by atoms with Crippen LogP contribution < -0.4 is 10.7 Å². The van der Waals surface area contributed by atoms with Crippen LogP contribution in [-0.4, -0.2) is 39.8 Å². The summed E-state index contributed by atoms with van der Waals surface area (Å²) in [4.78, 5) is 45.8. The van der Waals surface area contributed by atoms with E-state index in [1.54, 1.807) is 30.2 Å². The van der Waals surface area contributed by atoms with E-state index in [2.05, 4.69) is 15.3 Å². The molecule has 1 fully saturated rings. The van der Waals surface area contributed by atoms with Crippen LogP contribution in [0, 0.1) is 12.8 Å². The molecule has 0 spiro atoms. The summed E-state index contributed by atoms with van der Waals surface area (Å²) < 4.78 is 0. The van der Waals surface area contributed by atoms with E-state index < -0.39 is 0 Å². The zero-order valence-corrected chi connectivity index (χ0v) is 15.0. The lowest BCUT2D eigenvalue weighted by Crippen LogP contribution is -2.45. The number of anilines is 1. The molecule has 3 heterocycles. The highest BCUT2D eigenvalue weighted by atomic mass is 35.5. The second kappa shape index (κ2) is 7.70. The number of H-pyrrole nitrogens is 1. The molecule has 0 aromatic carbocycles. The molecule has 2 amide bonds. The van der Waals surface area contributed by atoms with Crippen molar-refractivity contribution in [3.8, 4) is 0 Å². The fourth-order valence-corrected chi connectivity index (χ4v) is 3.09. The Hall–Kier alpha value is -2.67. The summed E-state index contributed by atoms with van der Waals surface area (Å²) in [6.07, 6.45) is 5.80. The number of hydrogen-bond acceptors (Lipinski definition) is 4. The first kappa shape index (κ1) is 18.1. The fraction of sp³-hybridized carbons (Fsp3) is 0.333. The molecule has 136 valence electrons. The van der Waals surface area contributed by atoms with E-state index in [9.17, 15) is 14.4 Å². The van der Waals surface area contributed by atoms with Crippen LogP contribution in [0.5, 0.6) is 0 Å². The molecule has 0 bridgehead atoms. The number of likely N-dealkylation sites (tertiary alicyclic amines) is 1. The molecule has 2 aromatic heterocycles. The monoisotopic (exact) mass is 374 g/mol. The summed E-state index contributed by atoms with van der Waals surface area (Å²) >= 11 is 5.79. The van der Waals surface area contributed by atoms with E-state index in [1.807, 2.05) is 0 Å². The average molecular weight is 375 g/mol. The SMILES string of the molecule is Cc1c[nH]cc(C(=O)N2CCCC(C(=O)Nc3ccc(Cl)cn3)C2)c1=O. The first-order valence-electron chi connectivity index (χ1n) is 8.35. The lowest BCUT2D eigenvalue weighted by atomic mass is 9.96. The predicted octanol–water partition coefficient (Wildman–Crippen LogP) is 2.22. The van der Waals surface area contributed by atoms with Crippen LogP contribution in [0.25, 0.3) is 0 Å². The zero-order valence-electron chi connectivity index (χ0n) is 14.3. The molecular formula is C18H19ClN4O3. The van der Waals surface area contributed by atoms with Crippen LogP contribution in [0.15, 0.2) is 35.5 Å². The van der Waals surface area contributed by atoms with Gasteiger partial charge in [0, 0.05) is 37.2 Å². The third-order valence-corrected chi connectivity index (χ3v) is 4.64. The molecular weight excluding hydrogens is 356 g/mol. The number of carbonyl (C=O) groups excluding carboxylic acids is 2. The Morgan fingerprint density at radius 2 is 2.15 bits per heavy atom. The third-order valence-electron chi connectivity index (χ3n) is 4.42. The van der Waals surface area contributed by atoms with Crippen LogP contribution in [0.2, 0.25) is 5.02 Å². The Morgan fingerprint density at radius 3 is 2.88 bits per heavy atom. The lowest BCUT2D eigenvalue weighted by Gasteiger charge is -2.31. The highest BCUT2D eigenvalue weighted by Crippen LogP contribution is 2.20. The molecule has 1 atom stereocenters. The summed E-state index contributed by atoms with van der Waals surface area (Å²) in [6, 6.07) is 3.27. The van der Waals surface area contributed by atoms with Gasteiger partial charge in [-0.15, -0.1) is 0 Å². The van der Waals surface area contributed by atoms with Gasteiger partial charge in [-0.2, -0.15) is 0 Å². The molecule has 2 N–H and O–H groups in total. The molecule has 0 saturated carbocycles. The Balaban J connectivity index is 1.69. The maximum atomic E-state index is 12.7. The summed E-state index contributed by atoms with van der Waals surface area (Å²) in [6.45, 7) is 2.45. The molecule has 1 saturated heterocycles. The molecule has 8 heteroatoms. The summed E-state index contributed by atoms with van der Waals surface area (Å²) in [5, 5.41) is 3.23. The molecule has 3 rings (SSSR count). The van der Waals surface area contributed by atoms with Gasteiger partial charge in [-0.25, -0.2) is 4.98 Å². The number of halogens is 1. The van der Waals surface area contributed by atoms with Crippen molar-refractivity contribution in [3.63, 3.8) is 0 Å². The summed E-state index contributed by atoms with van der Waals surface area (Å²) in [5.74, 6) is -0.486. The van der Waals surface area contributed by atoms with Crippen LogP contribution in [0.4, 0.5) is 5.82 Å². The summed E-state index contributed by atoms with van der Waals surface area (Å²) in [7, 11) is 0. The van der Waals surface area contributed by atoms with E-state index >= 15 is 0 Å². The van der Waals surface area contributed by atoms with Crippen LogP contribution >= 0.6 is 11.6 Å². The highest BCUT2D eigenvalue weighted by molar-refractivity contribution is 6.30. The van der Waals surface area contributed by atoms with E-state index in [4.69, 9.17) is 11.6 Å². The molecule has 2 aromatic rings. The number of nitrogens with one attached hydrogen (secondary N) is 2. The molecule has 1 aliphatic heterocycles. The maximum Gasteiger partial charge on any atom is 0.259 e. The maximum absolute atomic E-state index is 12.7. The number of nitrogens with zero attached hydrogens (tertiary/aromatic N) is 2. The Kier molecular flexibility index (Phi) is 5.37. The van der Waals surface area contributed by atoms with Crippen molar-refractivity contribution in [1.29, 1.82) is 0 Å². The van der Waals surface area contributed by atoms with Gasteiger partial charge in [0.2, 0.25) is 5.91 Å². The van der Waals surface area contributed by atoms with Crippen molar-refractivity contribution in [1.82, 2.24) is 14.9 Å². The quantitative estimate of drug-likeness (QED) is 0.861. The number of rotatable bonds is 3. The first-order valence-corrected chi connectivity index (χ1v) is 8.73. The number of aryl methyl sites for hydroxylation is 1. The Labute approximate surface area is 155 Å². The van der Waals surface area contributed by atoms with E-state index in [1.165, 1.54) is 12.4 Å². The van der Waals surface area contributed by atoms with E-state index in [0.29, 0.717) is 35.8 Å². The number of hydrogen-bond donors (Lipinski definition) is 2. The van der Waals surface area contributed by atoms with Crippen molar-refractivity contribution in [2.75, 3.05) is 18.4 Å². The van der Waals surface area contributed by atoms with Gasteiger partial charge in [-0.05, 0) is 31.9 Å². The van der Waals surface area contributed by atoms with Gasteiger partial charge in [0.05, 0.1) is 10.9 Å². The van der Waals surface area contributed by atoms with Crippen LogP contribution in [0.3, 0.4) is 0 Å². The van der Waals surface area contributed by atoms with Gasteiger partial charge in [0.25, 0.3) is 5.91 Å². The molecule has 0 radical (unpaired) electrons. The number of amides is 2. The minimum Gasteiger partial charge on any atom is -0.366 e. The lowest BCUT2D eigenvalue weighted by molar-refractivity contribution is -0.121. The third kappa shape index (κ3) is 3.94. The number of carbonyl (C=O) groups is 2. The van der Waals surface area contributed by atoms with Crippen molar-refractivity contribution in [2.45, 2.75) is 19.8 Å². The minimum atomic E-state index is -0.353. The molecule has 0 aliphatic carbocycles. The van der Waals surface area contributed by atoms with Crippen molar-refractivity contribution in [2.24, 2.45) is 5.92 Å². The number of piperidine rings is 1. The van der Waals surface area contributed by atoms with Gasteiger partial charge in [0.15, 0.2) is 5.43 Å². The van der Waals surface area contributed by atoms with E-state index in [-0.39, 0.29) is 35.3 Å². The van der Waals surface area contributed by atoms with Gasteiger partial charge in [0.1, 0.15) is 11.4 Å². The van der Waals surface area contributed by atoms with Crippen molar-refractivity contribution < 1.29 is 9.59 Å². The second-order valence-electron chi connectivity index (χ2n) is 6.32. The molecule has 1 aliphatic rings. The largest absolute Gasteiger partial charge is 0.366 e. The topological polar surface area (TPSA) is 95.2 Å². The Bertz CT molecular complexity index is 879. The smallest absolute Gasteiger partial charge is 0.259 e. The molecule has 7 nitrogen and oxygen atoms in total. The van der Waals surface area contributed by atoms with Crippen molar-refractivity contribution >= 4 is 29.2 Å². The van der Waals surface area contributed by atoms with Crippen molar-refractivity contribution in [3.05, 3.63) is 57.1 Å². The summed E-state index contributed by atoms with van der Waals surface area (Å²) in [5.41, 5.74) is 0.298. The zero-order chi connectivity index (χ0) is 18.7. The fourth-order valence-electron chi connectivity index (χ4n) is 2.98. The Morgan fingerprint density at radius 1 is 1.35 bits per heavy atom. The van der Waals surface area contributed by atoms with Gasteiger partial charge in [-0.1, -0.05) is 11.6 Å². The normalized spacial score (nSPS) is 17.0. The standard InChI is InChI=1S/C18H19ClN4O3/c1-11-7-20-9-14(16(11)24)18(26)23-6-2-3-12(10-23)17(25)22-15-5-4-13(19)8-21-15/h4-5,7-9,12H,2-3,6,10H2,1H3,(H,20,24)(H,21,22,25). The molecule has 1 unspecified atom stereocenters. The number of pyridine rings is 2. The minimum absolute atomic E-state index is 0.102. The predicted molar refractivity (Wildman–Crippen MR) is 98.3 cm³/mol. The van der Waals surface area contributed by atoms with E-state index in [0.717, 1.165) is 0 Å². The first-order chi connectivity index (χ1) is 12.5. The van der Waals surface area contributed by atoms with Gasteiger partial charge < -0.3 is 15.2 Å². The highest BCUT2D eigenvalue weighted by Gasteiger charge is 2.30. The number of aromatic amines is 1.